The van der Waals surface area contributed by atoms with Crippen molar-refractivity contribution >= 4 is 17.8 Å². The molecule has 1 fully saturated rings. The number of nitrogens with zero attached hydrogens (tertiary/aromatic N) is 2. The Morgan fingerprint density at radius 3 is 2.95 bits per heavy atom. The molecular weight excluding hydrogens is 278 g/mol. The zero-order valence-electron chi connectivity index (χ0n) is 13.2. The van der Waals surface area contributed by atoms with Crippen molar-refractivity contribution in [2.75, 3.05) is 31.2 Å². The first-order valence-electron chi connectivity index (χ1n) is 7.90. The van der Waals surface area contributed by atoms with Crippen LogP contribution in [0.2, 0.25) is 0 Å². The van der Waals surface area contributed by atoms with Gasteiger partial charge >= 0.3 is 0 Å². The second-order valence-electron chi connectivity index (χ2n) is 5.77. The molecule has 0 radical (unpaired) electrons. The number of allylic oxidation sites excluding steroid dienone is 1. The third-order valence-electron chi connectivity index (χ3n) is 3.80. The topological polar surface area (TPSA) is 68.4 Å². The van der Waals surface area contributed by atoms with Crippen molar-refractivity contribution in [3.05, 3.63) is 30.0 Å². The van der Waals surface area contributed by atoms with E-state index in [1.807, 2.05) is 24.3 Å². The first-order chi connectivity index (χ1) is 10.6. The number of nitrogens with two attached hydrogens (primary N) is 1. The molecule has 0 unspecified atom stereocenters. The second kappa shape index (κ2) is 8.54. The van der Waals surface area contributed by atoms with Gasteiger partial charge in [-0.1, -0.05) is 19.1 Å². The van der Waals surface area contributed by atoms with Crippen LogP contribution < -0.4 is 10.6 Å². The van der Waals surface area contributed by atoms with E-state index in [4.69, 9.17) is 10.5 Å². The van der Waals surface area contributed by atoms with Gasteiger partial charge in [0.1, 0.15) is 5.82 Å². The number of hydrogen-bond acceptors (Lipinski definition) is 4. The van der Waals surface area contributed by atoms with Crippen molar-refractivity contribution in [2.24, 2.45) is 11.7 Å². The molecule has 2 N–H and O–H groups in total. The van der Waals surface area contributed by atoms with Crippen molar-refractivity contribution in [1.29, 1.82) is 0 Å². The van der Waals surface area contributed by atoms with Crippen LogP contribution in [0.3, 0.4) is 0 Å². The highest BCUT2D eigenvalue weighted by atomic mass is 16.5. The van der Waals surface area contributed by atoms with E-state index in [1.54, 1.807) is 0 Å². The van der Waals surface area contributed by atoms with Gasteiger partial charge in [-0.3, -0.25) is 4.79 Å². The first kappa shape index (κ1) is 16.5. The Balaban J connectivity index is 1.86. The number of carbonyl (C=O) groups excluding carboxylic acids is 1. The molecule has 22 heavy (non-hydrogen) atoms. The molecule has 2 heterocycles. The number of amides is 1. The fourth-order valence-corrected chi connectivity index (χ4v) is 2.43. The average molecular weight is 303 g/mol. The molecule has 2 rings (SSSR count). The van der Waals surface area contributed by atoms with Crippen LogP contribution in [0.1, 0.15) is 31.9 Å². The molecule has 1 amide bonds. The number of carbonyl (C=O) groups is 1. The Labute approximate surface area is 132 Å². The van der Waals surface area contributed by atoms with Crippen LogP contribution in [0, 0.1) is 5.92 Å². The van der Waals surface area contributed by atoms with E-state index in [2.05, 4.69) is 22.9 Å². The van der Waals surface area contributed by atoms with E-state index >= 15 is 0 Å². The monoisotopic (exact) mass is 303 g/mol. The molecule has 1 saturated heterocycles. The lowest BCUT2D eigenvalue weighted by Crippen LogP contribution is -2.36. The number of pyridine rings is 1. The fraction of sp³-hybridized carbons (Fsp3) is 0.529. The molecule has 0 bridgehead atoms. The molecule has 120 valence electrons. The second-order valence-corrected chi connectivity index (χ2v) is 5.77. The number of aromatic nitrogens is 1. The molecule has 5 nitrogen and oxygen atoms in total. The van der Waals surface area contributed by atoms with Gasteiger partial charge in [-0.2, -0.15) is 0 Å². The summed E-state index contributed by atoms with van der Waals surface area (Å²) in [4.78, 5) is 17.7. The predicted octanol–water partition coefficient (Wildman–Crippen LogP) is 2.22. The lowest BCUT2D eigenvalue weighted by molar-refractivity contribution is -0.118. The van der Waals surface area contributed by atoms with Gasteiger partial charge in [-0.05, 0) is 37.0 Å². The summed E-state index contributed by atoms with van der Waals surface area (Å²) in [6, 6.07) is 6.08. The van der Waals surface area contributed by atoms with E-state index in [1.165, 1.54) is 0 Å². The summed E-state index contributed by atoms with van der Waals surface area (Å²) in [7, 11) is 0. The van der Waals surface area contributed by atoms with Gasteiger partial charge in [0.2, 0.25) is 5.91 Å². The molecule has 1 aromatic heterocycles. The normalized spacial score (nSPS) is 16.9. The predicted molar refractivity (Wildman–Crippen MR) is 88.5 cm³/mol. The van der Waals surface area contributed by atoms with Crippen molar-refractivity contribution < 1.29 is 9.53 Å². The molecule has 0 aromatic carbocycles. The highest BCUT2D eigenvalue weighted by Crippen LogP contribution is 2.15. The molecule has 0 spiro atoms. The molecule has 1 aromatic rings. The summed E-state index contributed by atoms with van der Waals surface area (Å²) in [6.07, 6.45) is 6.39. The van der Waals surface area contributed by atoms with Gasteiger partial charge in [0.15, 0.2) is 0 Å². The summed E-state index contributed by atoms with van der Waals surface area (Å²) in [5.74, 6) is 1.23. The van der Waals surface area contributed by atoms with Gasteiger partial charge in [0, 0.05) is 19.5 Å². The Kier molecular flexibility index (Phi) is 6.40. The summed E-state index contributed by atoms with van der Waals surface area (Å²) in [5.41, 5.74) is 6.13. The zero-order valence-corrected chi connectivity index (χ0v) is 13.2. The average Bonchev–Trinajstić information content (AvgIpc) is 2.54. The molecule has 1 atom stereocenters. The Hall–Kier alpha value is -1.88. The van der Waals surface area contributed by atoms with Crippen LogP contribution >= 0.6 is 0 Å². The third-order valence-corrected chi connectivity index (χ3v) is 3.80. The number of ether oxygens (including phenoxy) is 1. The maximum atomic E-state index is 10.8. The van der Waals surface area contributed by atoms with Crippen molar-refractivity contribution in [1.82, 2.24) is 4.98 Å². The van der Waals surface area contributed by atoms with Crippen LogP contribution in [0.4, 0.5) is 5.82 Å². The van der Waals surface area contributed by atoms with Gasteiger partial charge < -0.3 is 15.4 Å². The van der Waals surface area contributed by atoms with E-state index in [0.717, 1.165) is 50.7 Å². The molecule has 0 aliphatic carbocycles. The smallest absolute Gasteiger partial charge is 0.217 e. The van der Waals surface area contributed by atoms with Crippen LogP contribution in [0.15, 0.2) is 24.3 Å². The summed E-state index contributed by atoms with van der Waals surface area (Å²) in [6.45, 7) is 5.44. The summed E-state index contributed by atoms with van der Waals surface area (Å²) < 4.78 is 5.37. The van der Waals surface area contributed by atoms with E-state index in [-0.39, 0.29) is 5.91 Å². The highest BCUT2D eigenvalue weighted by Gasteiger charge is 2.12. The minimum absolute atomic E-state index is 0.226. The summed E-state index contributed by atoms with van der Waals surface area (Å²) >= 11 is 0. The minimum atomic E-state index is -0.226. The summed E-state index contributed by atoms with van der Waals surface area (Å²) in [5, 5.41) is 0. The molecular formula is C17H25N3O2. The van der Waals surface area contributed by atoms with Gasteiger partial charge in [-0.15, -0.1) is 0 Å². The lowest BCUT2D eigenvalue weighted by Gasteiger charge is -2.27. The van der Waals surface area contributed by atoms with Crippen molar-refractivity contribution in [3.63, 3.8) is 0 Å². The maximum absolute atomic E-state index is 10.8. The van der Waals surface area contributed by atoms with Crippen LogP contribution in [0.25, 0.3) is 6.08 Å². The highest BCUT2D eigenvalue weighted by molar-refractivity contribution is 5.73. The molecule has 0 saturated carbocycles. The molecule has 1 aliphatic rings. The number of primary amides is 1. The van der Waals surface area contributed by atoms with Crippen LogP contribution in [-0.4, -0.2) is 37.2 Å². The largest absolute Gasteiger partial charge is 0.378 e. The van der Waals surface area contributed by atoms with Gasteiger partial charge in [0.05, 0.1) is 18.9 Å². The van der Waals surface area contributed by atoms with E-state index in [0.29, 0.717) is 12.3 Å². The van der Waals surface area contributed by atoms with E-state index < -0.39 is 0 Å². The Morgan fingerprint density at radius 2 is 2.23 bits per heavy atom. The van der Waals surface area contributed by atoms with Gasteiger partial charge in [-0.25, -0.2) is 4.98 Å². The van der Waals surface area contributed by atoms with Crippen LogP contribution in [-0.2, 0) is 9.53 Å². The van der Waals surface area contributed by atoms with Crippen LogP contribution in [0.5, 0.6) is 0 Å². The number of rotatable bonds is 7. The zero-order chi connectivity index (χ0) is 15.8. The minimum Gasteiger partial charge on any atom is -0.378 e. The Morgan fingerprint density at radius 1 is 1.45 bits per heavy atom. The fourth-order valence-electron chi connectivity index (χ4n) is 2.43. The number of hydrogen-bond donors (Lipinski definition) is 1. The molecule has 5 heteroatoms. The number of morpholine rings is 1. The Bertz CT molecular complexity index is 510. The SMILES string of the molecule is C[C@H](C/C=C/c1cccc(N2CCOCC2)n1)CCC(N)=O. The third kappa shape index (κ3) is 5.48. The van der Waals surface area contributed by atoms with Gasteiger partial charge in [0.25, 0.3) is 0 Å². The standard InChI is InChI=1S/C17H25N3O2/c1-14(8-9-16(18)21)4-2-5-15-6-3-7-17(19-15)20-10-12-22-13-11-20/h2-3,5-7,14H,4,8-13H2,1H3,(H2,18,21)/b5-2+/t14-/m1/s1. The van der Waals surface area contributed by atoms with Crippen molar-refractivity contribution in [2.45, 2.75) is 26.2 Å². The first-order valence-corrected chi connectivity index (χ1v) is 7.90. The quantitative estimate of drug-likeness (QED) is 0.838. The van der Waals surface area contributed by atoms with Crippen molar-refractivity contribution in [3.8, 4) is 0 Å². The van der Waals surface area contributed by atoms with E-state index in [9.17, 15) is 4.79 Å². The number of anilines is 1. The lowest BCUT2D eigenvalue weighted by atomic mass is 10.0. The molecule has 1 aliphatic heterocycles. The maximum Gasteiger partial charge on any atom is 0.217 e.